The molecule has 0 amide bonds. The summed E-state index contributed by atoms with van der Waals surface area (Å²) in [6.07, 6.45) is 4.82. The molecule has 0 atom stereocenters. The Labute approximate surface area is 133 Å². The van der Waals surface area contributed by atoms with E-state index in [-0.39, 0.29) is 17.7 Å². The number of rotatable bonds is 2. The van der Waals surface area contributed by atoms with Gasteiger partial charge in [-0.05, 0) is 31.7 Å². The van der Waals surface area contributed by atoms with Crippen molar-refractivity contribution in [2.75, 3.05) is 0 Å². The van der Waals surface area contributed by atoms with Crippen molar-refractivity contribution < 1.29 is 5.11 Å². The van der Waals surface area contributed by atoms with Gasteiger partial charge in [0.15, 0.2) is 0 Å². The Hall–Kier alpha value is -2.40. The van der Waals surface area contributed by atoms with Gasteiger partial charge in [0.2, 0.25) is 0 Å². The smallest absolute Gasteiger partial charge is 0.259 e. The lowest BCUT2D eigenvalue weighted by Gasteiger charge is -2.26. The third-order valence-corrected chi connectivity index (χ3v) is 4.69. The maximum Gasteiger partial charge on any atom is 0.259 e. The van der Waals surface area contributed by atoms with Crippen LogP contribution in [0.2, 0.25) is 0 Å². The Morgan fingerprint density at radius 1 is 1.09 bits per heavy atom. The molecule has 1 fully saturated rings. The average Bonchev–Trinajstić information content (AvgIpc) is 2.97. The maximum atomic E-state index is 12.4. The molecule has 2 aromatic heterocycles. The van der Waals surface area contributed by atoms with Crippen LogP contribution < -0.4 is 5.56 Å². The number of hydrogen-bond acceptors (Lipinski definition) is 3. The van der Waals surface area contributed by atoms with Gasteiger partial charge in [0, 0.05) is 11.8 Å². The topological polar surface area (TPSA) is 70.9 Å². The van der Waals surface area contributed by atoms with E-state index < -0.39 is 0 Å². The second kappa shape index (κ2) is 5.66. The molecule has 5 nitrogen and oxygen atoms in total. The standard InChI is InChI=1S/C18H19N3O2/c22-14-8-6-13(7-9-14)21-15-10-11-19-18(23)16(15)17(20-21)12-4-2-1-3-5-12/h1-5,10-11,13-14,22H,6-9H2,(H,19,23). The number of aliphatic hydroxyl groups is 1. The Morgan fingerprint density at radius 2 is 1.83 bits per heavy atom. The molecule has 0 spiro atoms. The van der Waals surface area contributed by atoms with Crippen LogP contribution in [-0.4, -0.2) is 26.0 Å². The highest BCUT2D eigenvalue weighted by atomic mass is 16.3. The molecule has 3 aromatic rings. The summed E-state index contributed by atoms with van der Waals surface area (Å²) in [5.74, 6) is 0. The molecule has 0 aliphatic heterocycles. The van der Waals surface area contributed by atoms with Crippen molar-refractivity contribution >= 4 is 10.9 Å². The third kappa shape index (κ3) is 2.47. The monoisotopic (exact) mass is 309 g/mol. The Morgan fingerprint density at radius 3 is 2.57 bits per heavy atom. The van der Waals surface area contributed by atoms with E-state index in [9.17, 15) is 9.90 Å². The van der Waals surface area contributed by atoms with Gasteiger partial charge in [-0.15, -0.1) is 0 Å². The molecule has 2 heterocycles. The molecule has 0 unspecified atom stereocenters. The van der Waals surface area contributed by atoms with Crippen LogP contribution in [0.5, 0.6) is 0 Å². The number of nitrogens with one attached hydrogen (secondary N) is 1. The normalized spacial score (nSPS) is 21.6. The molecular weight excluding hydrogens is 290 g/mol. The van der Waals surface area contributed by atoms with Crippen LogP contribution in [0.3, 0.4) is 0 Å². The number of H-pyrrole nitrogens is 1. The molecule has 0 radical (unpaired) electrons. The summed E-state index contributed by atoms with van der Waals surface area (Å²) in [6, 6.07) is 12.0. The van der Waals surface area contributed by atoms with Gasteiger partial charge in [-0.2, -0.15) is 5.10 Å². The molecule has 2 N–H and O–H groups in total. The van der Waals surface area contributed by atoms with Crippen molar-refractivity contribution in [1.82, 2.24) is 14.8 Å². The van der Waals surface area contributed by atoms with Gasteiger partial charge in [0.25, 0.3) is 5.56 Å². The molecule has 1 aliphatic rings. The fraction of sp³-hybridized carbons (Fsp3) is 0.333. The van der Waals surface area contributed by atoms with Crippen LogP contribution in [0, 0.1) is 0 Å². The SMILES string of the molecule is O=c1[nH]ccc2c1c(-c1ccccc1)nn2C1CCC(O)CC1. The highest BCUT2D eigenvalue weighted by molar-refractivity contribution is 5.92. The second-order valence-corrected chi connectivity index (χ2v) is 6.19. The Kier molecular flexibility index (Phi) is 3.50. The van der Waals surface area contributed by atoms with Gasteiger partial charge in [-0.3, -0.25) is 9.48 Å². The third-order valence-electron chi connectivity index (χ3n) is 4.69. The largest absolute Gasteiger partial charge is 0.393 e. The van der Waals surface area contributed by atoms with Crippen LogP contribution in [0.25, 0.3) is 22.2 Å². The van der Waals surface area contributed by atoms with Crippen molar-refractivity contribution in [3.05, 3.63) is 52.9 Å². The van der Waals surface area contributed by atoms with Gasteiger partial charge in [0.05, 0.1) is 23.0 Å². The number of benzene rings is 1. The lowest BCUT2D eigenvalue weighted by Crippen LogP contribution is -2.21. The molecule has 5 heteroatoms. The average molecular weight is 309 g/mol. The van der Waals surface area contributed by atoms with Gasteiger partial charge >= 0.3 is 0 Å². The molecule has 118 valence electrons. The van der Waals surface area contributed by atoms with E-state index in [1.54, 1.807) is 6.20 Å². The van der Waals surface area contributed by atoms with Gasteiger partial charge in [0.1, 0.15) is 5.69 Å². The van der Waals surface area contributed by atoms with Crippen LogP contribution in [0.1, 0.15) is 31.7 Å². The summed E-state index contributed by atoms with van der Waals surface area (Å²) < 4.78 is 1.98. The minimum atomic E-state index is -0.204. The lowest BCUT2D eigenvalue weighted by molar-refractivity contribution is 0.109. The number of pyridine rings is 1. The second-order valence-electron chi connectivity index (χ2n) is 6.19. The van der Waals surface area contributed by atoms with Gasteiger partial charge < -0.3 is 10.1 Å². The fourth-order valence-electron chi connectivity index (χ4n) is 3.48. The van der Waals surface area contributed by atoms with E-state index in [0.29, 0.717) is 5.39 Å². The molecule has 0 bridgehead atoms. The number of aliphatic hydroxyl groups excluding tert-OH is 1. The van der Waals surface area contributed by atoms with Gasteiger partial charge in [-0.25, -0.2) is 0 Å². The maximum absolute atomic E-state index is 12.4. The van der Waals surface area contributed by atoms with Crippen molar-refractivity contribution in [1.29, 1.82) is 0 Å². The van der Waals surface area contributed by atoms with E-state index in [0.717, 1.165) is 42.5 Å². The molecule has 1 aromatic carbocycles. The number of aromatic nitrogens is 3. The minimum Gasteiger partial charge on any atom is -0.393 e. The summed E-state index contributed by atoms with van der Waals surface area (Å²) >= 11 is 0. The first kappa shape index (κ1) is 14.2. The van der Waals surface area contributed by atoms with Crippen molar-refractivity contribution in [3.63, 3.8) is 0 Å². The van der Waals surface area contributed by atoms with E-state index >= 15 is 0 Å². The Balaban J connectivity index is 1.90. The van der Waals surface area contributed by atoms with Crippen LogP contribution in [-0.2, 0) is 0 Å². The molecular formula is C18H19N3O2. The summed E-state index contributed by atoms with van der Waals surface area (Å²) in [6.45, 7) is 0. The zero-order valence-corrected chi connectivity index (χ0v) is 12.8. The Bertz CT molecular complexity index is 874. The quantitative estimate of drug-likeness (QED) is 0.764. The van der Waals surface area contributed by atoms with E-state index in [2.05, 4.69) is 4.98 Å². The zero-order valence-electron chi connectivity index (χ0n) is 12.8. The minimum absolute atomic E-state index is 0.108. The summed E-state index contributed by atoms with van der Waals surface area (Å²) in [4.78, 5) is 15.1. The van der Waals surface area contributed by atoms with Gasteiger partial charge in [-0.1, -0.05) is 30.3 Å². The fourth-order valence-corrected chi connectivity index (χ4v) is 3.48. The van der Waals surface area contributed by atoms with Crippen molar-refractivity contribution in [3.8, 4) is 11.3 Å². The molecule has 1 saturated carbocycles. The molecule has 4 rings (SSSR count). The lowest BCUT2D eigenvalue weighted by atomic mass is 9.93. The van der Waals surface area contributed by atoms with Crippen molar-refractivity contribution in [2.45, 2.75) is 37.8 Å². The first-order chi connectivity index (χ1) is 11.2. The molecule has 1 aliphatic carbocycles. The van der Waals surface area contributed by atoms with E-state index in [4.69, 9.17) is 5.10 Å². The van der Waals surface area contributed by atoms with Crippen LogP contribution >= 0.6 is 0 Å². The highest BCUT2D eigenvalue weighted by Crippen LogP contribution is 2.33. The van der Waals surface area contributed by atoms with E-state index in [1.807, 2.05) is 41.1 Å². The highest BCUT2D eigenvalue weighted by Gasteiger charge is 2.25. The van der Waals surface area contributed by atoms with Crippen molar-refractivity contribution in [2.24, 2.45) is 0 Å². The summed E-state index contributed by atoms with van der Waals surface area (Å²) in [7, 11) is 0. The summed E-state index contributed by atoms with van der Waals surface area (Å²) in [5, 5.41) is 15.2. The first-order valence-corrected chi connectivity index (χ1v) is 8.07. The number of hydrogen-bond donors (Lipinski definition) is 2. The number of aromatic amines is 1. The summed E-state index contributed by atoms with van der Waals surface area (Å²) in [5.41, 5.74) is 2.44. The predicted molar refractivity (Wildman–Crippen MR) is 89.3 cm³/mol. The van der Waals surface area contributed by atoms with Crippen LogP contribution in [0.4, 0.5) is 0 Å². The van der Waals surface area contributed by atoms with Crippen LogP contribution in [0.15, 0.2) is 47.4 Å². The number of nitrogens with zero attached hydrogens (tertiary/aromatic N) is 2. The molecule has 23 heavy (non-hydrogen) atoms. The van der Waals surface area contributed by atoms with E-state index in [1.165, 1.54) is 0 Å². The first-order valence-electron chi connectivity index (χ1n) is 8.07. The number of fused-ring (bicyclic) bond motifs is 1. The zero-order chi connectivity index (χ0) is 15.8. The molecule has 0 saturated heterocycles. The predicted octanol–water partition coefficient (Wildman–Crippen LogP) is 2.87.